The van der Waals surface area contributed by atoms with Gasteiger partial charge in [-0.05, 0) is 48.2 Å². The van der Waals surface area contributed by atoms with Crippen molar-refractivity contribution in [1.82, 2.24) is 0 Å². The number of hydrogen-bond donors (Lipinski definition) is 3. The lowest BCUT2D eigenvalue weighted by molar-refractivity contribution is 0.0955. The third-order valence-corrected chi connectivity index (χ3v) is 13.3. The van der Waals surface area contributed by atoms with Crippen molar-refractivity contribution in [1.29, 1.82) is 0 Å². The number of nitrogens with zero attached hydrogens (tertiary/aromatic N) is 2. The lowest BCUT2D eigenvalue weighted by Crippen LogP contribution is -2.47. The summed E-state index contributed by atoms with van der Waals surface area (Å²) in [5.74, 6) is -0.0365. The Morgan fingerprint density at radius 3 is 1.49 bits per heavy atom. The van der Waals surface area contributed by atoms with Crippen molar-refractivity contribution in [3.63, 3.8) is 0 Å². The molecule has 18 nitrogen and oxygen atoms in total. The van der Waals surface area contributed by atoms with Gasteiger partial charge in [0.1, 0.15) is 0 Å². The van der Waals surface area contributed by atoms with Crippen LogP contribution in [-0.2, 0) is 48.5 Å². The summed E-state index contributed by atoms with van der Waals surface area (Å²) in [6.45, 7) is -0.248. The number of benzene rings is 4. The van der Waals surface area contributed by atoms with Crippen LogP contribution in [0.4, 0.5) is 22.7 Å². The van der Waals surface area contributed by atoms with Gasteiger partial charge < -0.3 is 53.1 Å². The monoisotopic (exact) mass is 867 g/mol. The van der Waals surface area contributed by atoms with Crippen molar-refractivity contribution in [2.45, 2.75) is 37.4 Å². The Labute approximate surface area is 343 Å². The molecule has 59 heavy (non-hydrogen) atoms. The number of para-hydroxylation sites is 2. The van der Waals surface area contributed by atoms with Gasteiger partial charge in [0, 0.05) is 35.8 Å². The van der Waals surface area contributed by atoms with Crippen LogP contribution in [0.15, 0.2) is 72.8 Å². The van der Waals surface area contributed by atoms with E-state index < -0.39 is 66.4 Å². The molecule has 0 fully saturated rings. The zero-order valence-corrected chi connectivity index (χ0v) is 34.1. The third-order valence-electron chi connectivity index (χ3n) is 10.6. The second kappa shape index (κ2) is 16.5. The summed E-state index contributed by atoms with van der Waals surface area (Å²) in [6.07, 6.45) is -1.72. The molecule has 8 rings (SSSR count). The number of hydrogen-bond acceptors (Lipinski definition) is 15. The number of carbonyl (C=O) groups is 2. The van der Waals surface area contributed by atoms with Crippen LogP contribution in [0.3, 0.4) is 0 Å². The maximum atomic E-state index is 14.0. The van der Waals surface area contributed by atoms with Gasteiger partial charge in [-0.15, -0.1) is 0 Å². The molecule has 0 radical (unpaired) electrons. The Balaban J connectivity index is 0.949. The second-order valence-electron chi connectivity index (χ2n) is 14.1. The maximum Gasteiger partial charge on any atom is 0.260 e. The Hall–Kier alpha value is -5.05. The molecule has 4 aromatic rings. The van der Waals surface area contributed by atoms with Gasteiger partial charge in [-0.1, -0.05) is 36.4 Å². The molecule has 4 aromatic carbocycles. The van der Waals surface area contributed by atoms with Gasteiger partial charge >= 0.3 is 0 Å². The quantitative estimate of drug-likeness (QED) is 0.121. The van der Waals surface area contributed by atoms with Crippen LogP contribution in [0.5, 0.6) is 23.0 Å². The second-order valence-corrected chi connectivity index (χ2v) is 18.1. The van der Waals surface area contributed by atoms with Crippen molar-refractivity contribution < 1.29 is 59.0 Å². The molecule has 21 heteroatoms. The van der Waals surface area contributed by atoms with Gasteiger partial charge in [0.05, 0.1) is 84.7 Å². The first-order valence-electron chi connectivity index (χ1n) is 18.3. The summed E-state index contributed by atoms with van der Waals surface area (Å²) < 4.78 is 93.9. The van der Waals surface area contributed by atoms with Crippen molar-refractivity contribution in [3.05, 3.63) is 95.1 Å². The summed E-state index contributed by atoms with van der Waals surface area (Å²) in [5.41, 5.74) is 10.1. The first-order valence-corrected chi connectivity index (χ1v) is 22.5. The van der Waals surface area contributed by atoms with Crippen LogP contribution in [0.2, 0.25) is 0 Å². The Morgan fingerprint density at radius 1 is 0.695 bits per heavy atom. The van der Waals surface area contributed by atoms with E-state index in [0.29, 0.717) is 24.2 Å². The lowest BCUT2D eigenvalue weighted by atomic mass is 10.1. The van der Waals surface area contributed by atoms with Gasteiger partial charge in [-0.2, -0.15) is 0 Å². The Bertz CT molecular complexity index is 2260. The third kappa shape index (κ3) is 8.02. The first kappa shape index (κ1) is 40.7. The van der Waals surface area contributed by atoms with E-state index in [1.807, 2.05) is 24.3 Å². The molecule has 0 saturated carbocycles. The van der Waals surface area contributed by atoms with Crippen LogP contribution >= 0.6 is 7.29 Å². The van der Waals surface area contributed by atoms with Crippen LogP contribution in [-0.4, -0.2) is 93.6 Å². The Kier molecular flexibility index (Phi) is 11.4. The molecule has 0 saturated heterocycles. The highest BCUT2D eigenvalue weighted by Gasteiger charge is 2.45. The molecule has 312 valence electrons. The number of fused-ring (bicyclic) bond motifs is 8. The molecule has 0 aromatic heterocycles. The van der Waals surface area contributed by atoms with E-state index in [-0.39, 0.29) is 71.0 Å². The van der Waals surface area contributed by atoms with E-state index in [4.69, 9.17) is 32.8 Å². The van der Waals surface area contributed by atoms with E-state index in [1.54, 1.807) is 24.3 Å². The summed E-state index contributed by atoms with van der Waals surface area (Å²) >= 11 is -5.81. The number of ether oxygens (including phenoxy) is 4. The van der Waals surface area contributed by atoms with Crippen molar-refractivity contribution in [2.75, 3.05) is 60.2 Å². The average molecular weight is 868 g/mol. The summed E-state index contributed by atoms with van der Waals surface area (Å²) in [4.78, 5) is 31.0. The Morgan fingerprint density at radius 2 is 1.10 bits per heavy atom. The standard InChI is InChI=1S/C38H40N5O13PS2/c1-51-31-17-23-25(40-35(55-58(47)48)29-15-21-7-3-5-9-27(21)42(29)37(23)44)19-33(31)53-11-13-57(39,46)14-12-54-34-20-26-24(18-32(34)52-2)38(45)43-28-10-6-4-8-22(28)16-30(43)36(41-26)56-59(49)50/h3-10,17-20,29-30,35-36,40-41H,11-16H2,1-2H3,(H2,39,46)(H,47,48)(H,49,50)/p-2/t29-,30-,35?,36?,57?/m0/s1. The van der Waals surface area contributed by atoms with E-state index in [1.165, 1.54) is 48.3 Å². The van der Waals surface area contributed by atoms with Crippen molar-refractivity contribution in [2.24, 2.45) is 5.50 Å². The van der Waals surface area contributed by atoms with Crippen LogP contribution in [0, 0.1) is 0 Å². The number of carbonyl (C=O) groups excluding carboxylic acids is 2. The van der Waals surface area contributed by atoms with E-state index in [9.17, 15) is 31.7 Å². The predicted molar refractivity (Wildman–Crippen MR) is 215 cm³/mol. The molecule has 4 N–H and O–H groups in total. The molecule has 0 aliphatic carbocycles. The van der Waals surface area contributed by atoms with Gasteiger partial charge in [0.2, 0.25) is 0 Å². The number of methoxy groups -OCH3 is 2. The highest BCUT2D eigenvalue weighted by atomic mass is 32.2. The molecule has 6 atom stereocenters. The highest BCUT2D eigenvalue weighted by molar-refractivity contribution is 7.74. The fourth-order valence-corrected chi connectivity index (χ4v) is 9.64. The normalized spacial score (nSPS) is 22.1. The van der Waals surface area contributed by atoms with E-state index in [2.05, 4.69) is 10.6 Å². The SMILES string of the molecule is COc1cc2c(cc1OCCP(N)(=O)CCOc1cc3c(cc1OC)C(=O)N1c4ccccc4C[C@H]1C(OS(=O)[O-])N3)NC(OS(=O)[O-])[C@@H]1Cc3ccccc3N1C2=O. The lowest BCUT2D eigenvalue weighted by Gasteiger charge is -2.29. The minimum Gasteiger partial charge on any atom is -0.750 e. The van der Waals surface area contributed by atoms with Crippen molar-refractivity contribution >= 4 is 64.6 Å². The van der Waals surface area contributed by atoms with Gasteiger partial charge in [-0.3, -0.25) is 23.5 Å². The zero-order valence-electron chi connectivity index (χ0n) is 31.5. The molecule has 4 aliphatic heterocycles. The highest BCUT2D eigenvalue weighted by Crippen LogP contribution is 2.45. The number of nitrogens with one attached hydrogen (secondary N) is 2. The number of nitrogens with two attached hydrogens (primary N) is 1. The zero-order chi connectivity index (χ0) is 41.6. The maximum absolute atomic E-state index is 14.0. The molecule has 4 heterocycles. The fourth-order valence-electron chi connectivity index (χ4n) is 7.93. The topological polar surface area (TPSA) is 243 Å². The van der Waals surface area contributed by atoms with Crippen LogP contribution < -0.4 is 44.9 Å². The summed E-state index contributed by atoms with van der Waals surface area (Å²) in [6, 6.07) is 19.2. The van der Waals surface area contributed by atoms with Gasteiger partial charge in [0.15, 0.2) is 42.7 Å². The number of rotatable bonds is 14. The minimum atomic E-state index is -3.39. The summed E-state index contributed by atoms with van der Waals surface area (Å²) in [7, 11) is -0.594. The van der Waals surface area contributed by atoms with E-state index in [0.717, 1.165) is 11.1 Å². The number of anilines is 4. The molecule has 4 unspecified atom stereocenters. The fraction of sp³-hybridized carbons (Fsp3) is 0.316. The molecule has 2 amide bonds. The minimum absolute atomic E-state index is 0.0854. The largest absolute Gasteiger partial charge is 0.750 e. The molecular formula is C38H38N5O13PS2-2. The molecule has 0 bridgehead atoms. The predicted octanol–water partition coefficient (Wildman–Crippen LogP) is 3.67. The summed E-state index contributed by atoms with van der Waals surface area (Å²) in [5, 5.41) is 6.10. The van der Waals surface area contributed by atoms with E-state index >= 15 is 0 Å². The van der Waals surface area contributed by atoms with Gasteiger partial charge in [-0.25, -0.2) is 8.42 Å². The number of amides is 2. The molecule has 0 spiro atoms. The van der Waals surface area contributed by atoms with Crippen LogP contribution in [0.1, 0.15) is 31.8 Å². The van der Waals surface area contributed by atoms with Crippen molar-refractivity contribution in [3.8, 4) is 23.0 Å². The van der Waals surface area contributed by atoms with Crippen LogP contribution in [0.25, 0.3) is 0 Å². The first-order chi connectivity index (χ1) is 28.3. The van der Waals surface area contributed by atoms with Gasteiger partial charge in [0.25, 0.3) is 11.8 Å². The molecular weight excluding hydrogens is 830 g/mol. The average Bonchev–Trinajstić information content (AvgIpc) is 3.73. The molecule has 4 aliphatic rings. The smallest absolute Gasteiger partial charge is 0.260 e.